The molecule has 1 aliphatic heterocycles. The van der Waals surface area contributed by atoms with E-state index in [9.17, 15) is 13.2 Å². The van der Waals surface area contributed by atoms with Crippen LogP contribution < -0.4 is 0 Å². The van der Waals surface area contributed by atoms with Crippen molar-refractivity contribution < 1.29 is 23.1 Å². The van der Waals surface area contributed by atoms with E-state index in [2.05, 4.69) is 0 Å². The highest BCUT2D eigenvalue weighted by Crippen LogP contribution is 2.23. The fourth-order valence-corrected chi connectivity index (χ4v) is 3.78. The number of aliphatic carboxylic acids is 1. The normalized spacial score (nSPS) is 20.6. The van der Waals surface area contributed by atoms with Gasteiger partial charge in [0.15, 0.2) is 0 Å². The van der Waals surface area contributed by atoms with E-state index in [1.165, 1.54) is 12.1 Å². The summed E-state index contributed by atoms with van der Waals surface area (Å²) < 4.78 is 31.3. The molecule has 0 aliphatic carbocycles. The molecule has 1 aromatic carbocycles. The minimum Gasteiger partial charge on any atom is -0.480 e. The van der Waals surface area contributed by atoms with Gasteiger partial charge < -0.3 is 9.84 Å². The van der Waals surface area contributed by atoms with Crippen molar-refractivity contribution in [2.45, 2.75) is 30.7 Å². The van der Waals surface area contributed by atoms with E-state index in [0.29, 0.717) is 5.92 Å². The summed E-state index contributed by atoms with van der Waals surface area (Å²) in [6.07, 6.45) is 0. The number of hydrogen-bond acceptors (Lipinski definition) is 4. The number of carboxylic acids is 1. The zero-order valence-electron chi connectivity index (χ0n) is 12.0. The number of rotatable bonds is 4. The highest BCUT2D eigenvalue weighted by molar-refractivity contribution is 7.89. The number of sulfonamides is 1. The third-order valence-electron chi connectivity index (χ3n) is 3.52. The van der Waals surface area contributed by atoms with Gasteiger partial charge in [-0.15, -0.1) is 0 Å². The van der Waals surface area contributed by atoms with Crippen LogP contribution in [0, 0.1) is 0 Å². The molecule has 7 heteroatoms. The third kappa shape index (κ3) is 3.25. The number of carbonyl (C=O) groups is 1. The molecule has 1 atom stereocenters. The van der Waals surface area contributed by atoms with Crippen LogP contribution in [0.4, 0.5) is 0 Å². The Hall–Kier alpha value is -1.44. The van der Waals surface area contributed by atoms with Gasteiger partial charge in [-0.25, -0.2) is 8.42 Å². The lowest BCUT2D eigenvalue weighted by Gasteiger charge is -2.31. The van der Waals surface area contributed by atoms with Crippen molar-refractivity contribution >= 4 is 16.0 Å². The molecule has 116 valence electrons. The van der Waals surface area contributed by atoms with Gasteiger partial charge in [0.25, 0.3) is 0 Å². The summed E-state index contributed by atoms with van der Waals surface area (Å²) in [6, 6.07) is 5.40. The van der Waals surface area contributed by atoms with Gasteiger partial charge in [-0.05, 0) is 23.6 Å². The molecule has 1 unspecified atom stereocenters. The molecular weight excluding hydrogens is 294 g/mol. The number of ether oxygens (including phenoxy) is 1. The first-order valence-electron chi connectivity index (χ1n) is 6.76. The van der Waals surface area contributed by atoms with Crippen molar-refractivity contribution in [1.29, 1.82) is 0 Å². The average Bonchev–Trinajstić information content (AvgIpc) is 2.47. The van der Waals surface area contributed by atoms with E-state index in [-0.39, 0.29) is 24.7 Å². The van der Waals surface area contributed by atoms with Crippen LogP contribution in [0.2, 0.25) is 0 Å². The van der Waals surface area contributed by atoms with Crippen LogP contribution in [0.5, 0.6) is 0 Å². The smallest absolute Gasteiger partial charge is 0.324 e. The first-order valence-corrected chi connectivity index (χ1v) is 8.20. The molecule has 0 bridgehead atoms. The first-order chi connectivity index (χ1) is 9.84. The van der Waals surface area contributed by atoms with Crippen molar-refractivity contribution in [2.24, 2.45) is 0 Å². The molecule has 1 heterocycles. The maximum atomic E-state index is 12.6. The quantitative estimate of drug-likeness (QED) is 0.905. The van der Waals surface area contributed by atoms with E-state index < -0.39 is 22.0 Å². The highest BCUT2D eigenvalue weighted by Gasteiger charge is 2.38. The van der Waals surface area contributed by atoms with Crippen LogP contribution in [-0.4, -0.2) is 49.6 Å². The molecule has 0 amide bonds. The molecule has 0 radical (unpaired) electrons. The van der Waals surface area contributed by atoms with E-state index in [4.69, 9.17) is 9.84 Å². The summed E-state index contributed by atoms with van der Waals surface area (Å²) in [5.41, 5.74) is 1.03. The Kier molecular flexibility index (Phi) is 4.65. The summed E-state index contributed by atoms with van der Waals surface area (Å²) in [4.78, 5) is 11.3. The van der Waals surface area contributed by atoms with Crippen molar-refractivity contribution in [3.8, 4) is 0 Å². The van der Waals surface area contributed by atoms with E-state index in [1.54, 1.807) is 12.1 Å². The largest absolute Gasteiger partial charge is 0.480 e. The molecule has 1 aromatic rings. The Morgan fingerprint density at radius 3 is 2.48 bits per heavy atom. The van der Waals surface area contributed by atoms with Gasteiger partial charge in [-0.3, -0.25) is 4.79 Å². The second-order valence-electron chi connectivity index (χ2n) is 5.27. The Labute approximate surface area is 124 Å². The van der Waals surface area contributed by atoms with Gasteiger partial charge in [0.2, 0.25) is 10.0 Å². The SMILES string of the molecule is CC(C)c1ccc(S(=O)(=O)N2CCOCC2C(=O)O)cc1. The zero-order chi connectivity index (χ0) is 15.6. The Morgan fingerprint density at radius 2 is 1.95 bits per heavy atom. The van der Waals surface area contributed by atoms with E-state index in [1.807, 2.05) is 13.8 Å². The molecular formula is C14H19NO5S. The number of morpholine rings is 1. The Bertz CT molecular complexity index is 609. The average molecular weight is 313 g/mol. The van der Waals surface area contributed by atoms with Crippen molar-refractivity contribution in [1.82, 2.24) is 4.31 Å². The minimum absolute atomic E-state index is 0.0469. The Balaban J connectivity index is 2.33. The second-order valence-corrected chi connectivity index (χ2v) is 7.16. The fraction of sp³-hybridized carbons (Fsp3) is 0.500. The maximum Gasteiger partial charge on any atom is 0.324 e. The maximum absolute atomic E-state index is 12.6. The summed E-state index contributed by atoms with van der Waals surface area (Å²) >= 11 is 0. The van der Waals surface area contributed by atoms with Crippen molar-refractivity contribution in [3.63, 3.8) is 0 Å². The molecule has 6 nitrogen and oxygen atoms in total. The summed E-state index contributed by atoms with van der Waals surface area (Å²) in [5, 5.41) is 9.15. The van der Waals surface area contributed by atoms with Crippen LogP contribution in [0.25, 0.3) is 0 Å². The summed E-state index contributed by atoms with van der Waals surface area (Å²) in [7, 11) is -3.83. The zero-order valence-corrected chi connectivity index (χ0v) is 12.8. The molecule has 0 aromatic heterocycles. The molecule has 1 saturated heterocycles. The van der Waals surface area contributed by atoms with Gasteiger partial charge in [0.05, 0.1) is 18.1 Å². The minimum atomic E-state index is -3.83. The first kappa shape index (κ1) is 15.9. The van der Waals surface area contributed by atoms with Gasteiger partial charge in [-0.1, -0.05) is 26.0 Å². The number of nitrogens with zero attached hydrogens (tertiary/aromatic N) is 1. The molecule has 21 heavy (non-hydrogen) atoms. The summed E-state index contributed by atoms with van der Waals surface area (Å²) in [6.45, 7) is 4.16. The van der Waals surface area contributed by atoms with Gasteiger partial charge in [0, 0.05) is 6.54 Å². The van der Waals surface area contributed by atoms with E-state index in [0.717, 1.165) is 9.87 Å². The standard InChI is InChI=1S/C14H19NO5S/c1-10(2)11-3-5-12(6-4-11)21(18,19)15-7-8-20-9-13(15)14(16)17/h3-6,10,13H,7-9H2,1-2H3,(H,16,17). The van der Waals surface area contributed by atoms with Crippen LogP contribution in [0.15, 0.2) is 29.2 Å². The second kappa shape index (κ2) is 6.13. The van der Waals surface area contributed by atoms with Gasteiger partial charge in [0.1, 0.15) is 6.04 Å². The molecule has 1 aliphatic rings. The molecule has 0 spiro atoms. The molecule has 2 rings (SSSR count). The molecule has 1 N–H and O–H groups in total. The number of hydrogen-bond donors (Lipinski definition) is 1. The van der Waals surface area contributed by atoms with Gasteiger partial charge in [-0.2, -0.15) is 4.31 Å². The lowest BCUT2D eigenvalue weighted by atomic mass is 10.0. The van der Waals surface area contributed by atoms with Crippen LogP contribution in [0.1, 0.15) is 25.3 Å². The molecule has 1 fully saturated rings. The highest BCUT2D eigenvalue weighted by atomic mass is 32.2. The van der Waals surface area contributed by atoms with E-state index >= 15 is 0 Å². The van der Waals surface area contributed by atoms with Crippen LogP contribution in [-0.2, 0) is 19.6 Å². The Morgan fingerprint density at radius 1 is 1.33 bits per heavy atom. The predicted octanol–water partition coefficient (Wildman–Crippen LogP) is 1.28. The lowest BCUT2D eigenvalue weighted by molar-refractivity contribution is -0.146. The lowest BCUT2D eigenvalue weighted by Crippen LogP contribution is -2.52. The number of carboxylic acid groups (broad SMARTS) is 1. The van der Waals surface area contributed by atoms with Crippen molar-refractivity contribution in [2.75, 3.05) is 19.8 Å². The predicted molar refractivity (Wildman–Crippen MR) is 76.7 cm³/mol. The molecule has 0 saturated carbocycles. The topological polar surface area (TPSA) is 83.9 Å². The monoisotopic (exact) mass is 313 g/mol. The van der Waals surface area contributed by atoms with Crippen LogP contribution >= 0.6 is 0 Å². The third-order valence-corrected chi connectivity index (χ3v) is 5.44. The fourth-order valence-electron chi connectivity index (χ4n) is 2.23. The van der Waals surface area contributed by atoms with Gasteiger partial charge >= 0.3 is 5.97 Å². The van der Waals surface area contributed by atoms with Crippen LogP contribution in [0.3, 0.4) is 0 Å². The number of benzene rings is 1. The summed E-state index contributed by atoms with van der Waals surface area (Å²) in [5.74, 6) is -0.894. The van der Waals surface area contributed by atoms with Crippen molar-refractivity contribution in [3.05, 3.63) is 29.8 Å².